The number of hydrogen-bond donors (Lipinski definition) is 0. The van der Waals surface area contributed by atoms with Crippen molar-refractivity contribution in [2.45, 2.75) is 17.7 Å². The predicted molar refractivity (Wildman–Crippen MR) is 121 cm³/mol. The fraction of sp³-hybridized carbons (Fsp3) is 0.409. The Morgan fingerprint density at radius 1 is 0.968 bits per heavy atom. The molecule has 1 amide bonds. The molecule has 0 bridgehead atoms. The summed E-state index contributed by atoms with van der Waals surface area (Å²) in [6.45, 7) is 3.41. The molecule has 9 heteroatoms. The first-order chi connectivity index (χ1) is 14.9. The van der Waals surface area contributed by atoms with Crippen molar-refractivity contribution >= 4 is 33.2 Å². The number of carbonyl (C=O) groups excluding carboxylic acids is 1. The molecule has 2 aliphatic rings. The molecule has 166 valence electrons. The molecule has 0 N–H and O–H groups in total. The number of carbonyl (C=O) groups is 1. The summed E-state index contributed by atoms with van der Waals surface area (Å²) in [5, 5.41) is 0.264. The highest BCUT2D eigenvalue weighted by Crippen LogP contribution is 2.27. The van der Waals surface area contributed by atoms with Crippen molar-refractivity contribution in [3.05, 3.63) is 53.1 Å². The number of hydrogen-bond acceptors (Lipinski definition) is 5. The highest BCUT2D eigenvalue weighted by molar-refractivity contribution is 7.89. The first-order valence-corrected chi connectivity index (χ1v) is 12.2. The van der Waals surface area contributed by atoms with Crippen molar-refractivity contribution in [2.75, 3.05) is 51.3 Å². The summed E-state index contributed by atoms with van der Waals surface area (Å²) in [4.78, 5) is 17.2. The van der Waals surface area contributed by atoms with Crippen LogP contribution in [0.4, 0.5) is 5.69 Å². The fourth-order valence-corrected chi connectivity index (χ4v) is 5.79. The van der Waals surface area contributed by atoms with Crippen LogP contribution in [0, 0.1) is 0 Å². The van der Waals surface area contributed by atoms with Crippen LogP contribution in [0.5, 0.6) is 5.75 Å². The van der Waals surface area contributed by atoms with E-state index in [9.17, 15) is 13.2 Å². The van der Waals surface area contributed by atoms with Crippen LogP contribution in [0.1, 0.15) is 23.2 Å². The molecule has 0 unspecified atom stereocenters. The van der Waals surface area contributed by atoms with Crippen LogP contribution < -0.4 is 9.64 Å². The number of ether oxygens (including phenoxy) is 1. The third-order valence-corrected chi connectivity index (χ3v) is 8.08. The molecule has 2 heterocycles. The van der Waals surface area contributed by atoms with E-state index in [1.807, 2.05) is 24.3 Å². The Morgan fingerprint density at radius 2 is 1.68 bits per heavy atom. The normalized spacial score (nSPS) is 17.7. The third-order valence-electron chi connectivity index (χ3n) is 5.86. The average molecular weight is 464 g/mol. The molecule has 2 aromatic carbocycles. The summed E-state index contributed by atoms with van der Waals surface area (Å²) in [5.74, 6) is 0.549. The molecule has 31 heavy (non-hydrogen) atoms. The maximum atomic E-state index is 13.2. The van der Waals surface area contributed by atoms with Gasteiger partial charge in [-0.2, -0.15) is 4.31 Å². The van der Waals surface area contributed by atoms with Crippen molar-refractivity contribution in [2.24, 2.45) is 0 Å². The maximum Gasteiger partial charge on any atom is 0.255 e. The van der Waals surface area contributed by atoms with Gasteiger partial charge in [0, 0.05) is 51.0 Å². The van der Waals surface area contributed by atoms with E-state index in [-0.39, 0.29) is 21.4 Å². The van der Waals surface area contributed by atoms with Crippen LogP contribution in [-0.4, -0.2) is 69.9 Å². The average Bonchev–Trinajstić information content (AvgIpc) is 3.35. The standard InChI is InChI=1S/C22H26ClN3O4S/c1-30-18-6-4-5-17(15-18)24-11-13-25(14-12-24)22(27)20-16-19(7-8-21(20)23)31(28,29)26-9-2-3-10-26/h4-8,15-16H,2-3,9-14H2,1H3. The third kappa shape index (κ3) is 4.51. The van der Waals surface area contributed by atoms with Crippen molar-refractivity contribution in [3.8, 4) is 5.75 Å². The second kappa shape index (κ2) is 9.06. The number of sulfonamides is 1. The van der Waals surface area contributed by atoms with Crippen LogP contribution in [0.25, 0.3) is 0 Å². The first-order valence-electron chi connectivity index (χ1n) is 10.4. The molecule has 0 aromatic heterocycles. The second-order valence-corrected chi connectivity index (χ2v) is 10.1. The minimum absolute atomic E-state index is 0.122. The van der Waals surface area contributed by atoms with Gasteiger partial charge in [-0.15, -0.1) is 0 Å². The predicted octanol–water partition coefficient (Wildman–Crippen LogP) is 3.10. The zero-order valence-corrected chi connectivity index (χ0v) is 19.0. The smallest absolute Gasteiger partial charge is 0.255 e. The Morgan fingerprint density at radius 3 is 2.35 bits per heavy atom. The number of rotatable bonds is 5. The van der Waals surface area contributed by atoms with Gasteiger partial charge in [0.05, 0.1) is 22.6 Å². The zero-order chi connectivity index (χ0) is 22.0. The quantitative estimate of drug-likeness (QED) is 0.681. The summed E-state index contributed by atoms with van der Waals surface area (Å²) in [6.07, 6.45) is 1.71. The minimum Gasteiger partial charge on any atom is -0.497 e. The molecule has 2 fully saturated rings. The Hall–Kier alpha value is -2.29. The van der Waals surface area contributed by atoms with Crippen LogP contribution in [0.3, 0.4) is 0 Å². The van der Waals surface area contributed by atoms with Crippen LogP contribution >= 0.6 is 11.6 Å². The molecule has 0 saturated carbocycles. The van der Waals surface area contributed by atoms with E-state index < -0.39 is 10.0 Å². The number of anilines is 1. The Labute approximate surface area is 188 Å². The summed E-state index contributed by atoms with van der Waals surface area (Å²) in [6, 6.07) is 12.2. The van der Waals surface area contributed by atoms with Gasteiger partial charge >= 0.3 is 0 Å². The lowest BCUT2D eigenvalue weighted by Gasteiger charge is -2.36. The van der Waals surface area contributed by atoms with E-state index in [0.29, 0.717) is 39.3 Å². The molecule has 0 spiro atoms. The highest BCUT2D eigenvalue weighted by atomic mass is 35.5. The van der Waals surface area contributed by atoms with Gasteiger partial charge in [-0.1, -0.05) is 17.7 Å². The van der Waals surface area contributed by atoms with E-state index in [0.717, 1.165) is 24.3 Å². The monoisotopic (exact) mass is 463 g/mol. The fourth-order valence-electron chi connectivity index (χ4n) is 4.05. The lowest BCUT2D eigenvalue weighted by atomic mass is 10.1. The lowest BCUT2D eigenvalue weighted by Crippen LogP contribution is -2.48. The van der Waals surface area contributed by atoms with E-state index in [1.165, 1.54) is 22.5 Å². The van der Waals surface area contributed by atoms with Gasteiger partial charge in [0.2, 0.25) is 10.0 Å². The maximum absolute atomic E-state index is 13.2. The zero-order valence-electron chi connectivity index (χ0n) is 17.5. The van der Waals surface area contributed by atoms with Crippen molar-refractivity contribution in [1.29, 1.82) is 0 Å². The highest BCUT2D eigenvalue weighted by Gasteiger charge is 2.30. The number of piperazine rings is 1. The number of benzene rings is 2. The van der Waals surface area contributed by atoms with Gasteiger partial charge in [-0.3, -0.25) is 4.79 Å². The Bertz CT molecular complexity index is 1060. The number of nitrogens with zero attached hydrogens (tertiary/aromatic N) is 3. The van der Waals surface area contributed by atoms with Crippen LogP contribution in [0.2, 0.25) is 5.02 Å². The van der Waals surface area contributed by atoms with Crippen molar-refractivity contribution < 1.29 is 17.9 Å². The summed E-state index contributed by atoms with van der Waals surface area (Å²) < 4.78 is 32.5. The van der Waals surface area contributed by atoms with Gasteiger partial charge in [0.25, 0.3) is 5.91 Å². The minimum atomic E-state index is -3.61. The van der Waals surface area contributed by atoms with Gasteiger partial charge in [0.1, 0.15) is 5.75 Å². The molecule has 4 rings (SSSR count). The lowest BCUT2D eigenvalue weighted by molar-refractivity contribution is 0.0746. The molecule has 2 aromatic rings. The SMILES string of the molecule is COc1cccc(N2CCN(C(=O)c3cc(S(=O)(=O)N4CCCC4)ccc3Cl)CC2)c1. The molecule has 0 aliphatic carbocycles. The summed E-state index contributed by atoms with van der Waals surface area (Å²) in [5.41, 5.74) is 1.28. The molecule has 2 saturated heterocycles. The van der Waals surface area contributed by atoms with Gasteiger partial charge in [-0.05, 0) is 43.2 Å². The Balaban J connectivity index is 1.48. The van der Waals surface area contributed by atoms with Crippen LogP contribution in [-0.2, 0) is 10.0 Å². The number of halogens is 1. The van der Waals surface area contributed by atoms with E-state index in [2.05, 4.69) is 4.90 Å². The molecule has 0 radical (unpaired) electrons. The molecular weight excluding hydrogens is 438 g/mol. The van der Waals surface area contributed by atoms with E-state index >= 15 is 0 Å². The molecular formula is C22H26ClN3O4S. The van der Waals surface area contributed by atoms with Gasteiger partial charge in [-0.25, -0.2) is 8.42 Å². The second-order valence-electron chi connectivity index (χ2n) is 7.73. The number of amides is 1. The number of methoxy groups -OCH3 is 1. The molecule has 2 aliphatic heterocycles. The molecule has 7 nitrogen and oxygen atoms in total. The van der Waals surface area contributed by atoms with Crippen LogP contribution in [0.15, 0.2) is 47.4 Å². The van der Waals surface area contributed by atoms with Crippen molar-refractivity contribution in [3.63, 3.8) is 0 Å². The molecule has 0 atom stereocenters. The first kappa shape index (κ1) is 21.9. The van der Waals surface area contributed by atoms with Gasteiger partial charge < -0.3 is 14.5 Å². The summed E-state index contributed by atoms with van der Waals surface area (Å²) >= 11 is 6.30. The summed E-state index contributed by atoms with van der Waals surface area (Å²) in [7, 11) is -1.97. The Kier molecular flexibility index (Phi) is 6.41. The topological polar surface area (TPSA) is 70.2 Å². The largest absolute Gasteiger partial charge is 0.497 e. The van der Waals surface area contributed by atoms with Crippen molar-refractivity contribution in [1.82, 2.24) is 9.21 Å². The van der Waals surface area contributed by atoms with Gasteiger partial charge in [0.15, 0.2) is 0 Å². The van der Waals surface area contributed by atoms with E-state index in [4.69, 9.17) is 16.3 Å². The van der Waals surface area contributed by atoms with E-state index in [1.54, 1.807) is 12.0 Å².